The number of carbonyl (C=O) groups is 9. The second kappa shape index (κ2) is 52.5. The van der Waals surface area contributed by atoms with E-state index in [2.05, 4.69) is 69.6 Å². The topological polar surface area (TPSA) is 384 Å². The van der Waals surface area contributed by atoms with Crippen LogP contribution in [0.3, 0.4) is 0 Å². The number of likely N-dealkylation sites (tertiary alicyclic amines) is 3. The summed E-state index contributed by atoms with van der Waals surface area (Å²) in [6.07, 6.45) is 23.9. The Morgan fingerprint density at radius 3 is 1.33 bits per heavy atom. The number of nitrogens with one attached hydrogen (secondary N) is 5. The van der Waals surface area contributed by atoms with Gasteiger partial charge in [0.15, 0.2) is 0 Å². The zero-order chi connectivity index (χ0) is 90.5. The molecule has 34 heteroatoms. The minimum Gasteiger partial charge on any atom is -0.447 e. The number of pyridine rings is 6. The van der Waals surface area contributed by atoms with Crippen molar-refractivity contribution in [3.8, 4) is 22.8 Å². The van der Waals surface area contributed by atoms with Crippen LogP contribution in [0.5, 0.6) is 0 Å². The molecule has 8 aliphatic heterocycles. The van der Waals surface area contributed by atoms with Gasteiger partial charge in [0.05, 0.1) is 192 Å². The largest absolute Gasteiger partial charge is 0.447 e. The summed E-state index contributed by atoms with van der Waals surface area (Å²) < 4.78 is 52.7. The third kappa shape index (κ3) is 28.1. The van der Waals surface area contributed by atoms with Gasteiger partial charge < -0.3 is 69.2 Å². The Balaban J connectivity index is 0.000000422. The second-order valence-electron chi connectivity index (χ2n) is 31.3. The summed E-state index contributed by atoms with van der Waals surface area (Å²) in [5.74, 6) is -6.53. The van der Waals surface area contributed by atoms with E-state index in [1.165, 1.54) is 28.9 Å². The van der Waals surface area contributed by atoms with E-state index in [4.69, 9.17) is 42.6 Å². The summed E-state index contributed by atoms with van der Waals surface area (Å²) in [6.45, 7) is 14.4. The van der Waals surface area contributed by atoms with Crippen molar-refractivity contribution >= 4 is 71.2 Å². The van der Waals surface area contributed by atoms with Crippen molar-refractivity contribution in [1.29, 1.82) is 0 Å². The van der Waals surface area contributed by atoms with Gasteiger partial charge in [0.1, 0.15) is 6.61 Å². The molecule has 8 saturated heterocycles. The summed E-state index contributed by atoms with van der Waals surface area (Å²) >= 11 is 1.97. The molecule has 0 saturated carbocycles. The third-order valence-corrected chi connectivity index (χ3v) is 24.1. The van der Waals surface area contributed by atoms with Gasteiger partial charge in [0.25, 0.3) is 5.91 Å². The van der Waals surface area contributed by atoms with Crippen LogP contribution >= 0.6 is 11.8 Å². The first kappa shape index (κ1) is 99.3. The molecule has 15 atom stereocenters. The number of imide groups is 3. The van der Waals surface area contributed by atoms with Gasteiger partial charge in [0, 0.05) is 118 Å². The first-order valence-electron chi connectivity index (χ1n) is 43.9. The van der Waals surface area contributed by atoms with Crippen LogP contribution in [-0.4, -0.2) is 270 Å². The molecule has 1 aromatic carbocycles. The van der Waals surface area contributed by atoms with Crippen molar-refractivity contribution < 1.29 is 105 Å². The van der Waals surface area contributed by atoms with E-state index in [1.807, 2.05) is 147 Å². The fourth-order valence-electron chi connectivity index (χ4n) is 16.2. The van der Waals surface area contributed by atoms with Crippen molar-refractivity contribution in [2.45, 2.75) is 106 Å². The number of hydrogen-bond donors (Lipinski definition) is 5. The van der Waals surface area contributed by atoms with Crippen LogP contribution in [0.4, 0.5) is 4.79 Å². The number of nitrogens with zero attached hydrogens (tertiary/aromatic N) is 9. The fraction of sp³-hybridized carbons (Fsp3) is 0.427. The van der Waals surface area contributed by atoms with Crippen LogP contribution in [0.15, 0.2) is 232 Å². The average Bonchev–Trinajstić information content (AvgIpc) is 1.59. The van der Waals surface area contributed by atoms with E-state index in [1.54, 1.807) is 79.7 Å². The number of alkyl carbamates (subject to hydrolysis) is 1. The van der Waals surface area contributed by atoms with Crippen molar-refractivity contribution in [2.24, 2.45) is 35.5 Å². The maximum absolute atomic E-state index is 14.5. The molecule has 130 heavy (non-hydrogen) atoms. The fourth-order valence-corrected chi connectivity index (χ4v) is 17.8. The Bertz CT molecular complexity index is 4730. The van der Waals surface area contributed by atoms with Gasteiger partial charge in [-0.15, -0.1) is 6.58 Å². The Morgan fingerprint density at radius 2 is 0.885 bits per heavy atom. The SMILES string of the molecule is C=CC1OC(/C=C\C2OC(/C=C\C3OC(/C=C/c4ccccc4)C4C(=O)N(CCCC)C(=O)C34)C3C(=O)N(CCOCCOCCNC(=O)c4ccncc4)C(=O)C23)C2C(=O)N(CCOCCOC(=O)NCCOCCOCCNC(=O)CCCCC3SCC4NC(=C)NC43)C(=O)C12.Cc1ccncc1.[Ru].c1ccc(-c2ccccn2)nc1.c1ccc(-c2ccccn2)nc1. The van der Waals surface area contributed by atoms with Gasteiger partial charge in [-0.1, -0.05) is 123 Å². The number of rotatable bonds is 42. The molecule has 8 aliphatic rings. The molecule has 690 valence electrons. The van der Waals surface area contributed by atoms with Crippen molar-refractivity contribution in [1.82, 2.24) is 71.2 Å². The number of carbonyl (C=O) groups excluding carboxylic acids is 9. The van der Waals surface area contributed by atoms with Crippen molar-refractivity contribution in [3.05, 3.63) is 249 Å². The molecule has 8 fully saturated rings. The van der Waals surface area contributed by atoms with Gasteiger partial charge in [-0.2, -0.15) is 11.8 Å². The average molecular weight is 1890 g/mol. The Labute approximate surface area is 774 Å². The van der Waals surface area contributed by atoms with E-state index >= 15 is 0 Å². The first-order valence-corrected chi connectivity index (χ1v) is 45.0. The predicted octanol–water partition coefficient (Wildman–Crippen LogP) is 8.41. The number of unbranched alkanes of at least 4 members (excludes halogenated alkanes) is 2. The standard InChI is InChI=1S/C70H91N9O18S.2C10H8N2.C6H7N.Ru/c1-4-6-29-77-65(83)58-49(17-16-45-12-8-7-9-13-45)96-51(59(58)66(77)84)20-21-53-61-60(68(86)79(69(61)87)30-35-92-40-39-90-33-27-73-63(81)46-22-24-71-25-23-46)52(97-53)19-18-50-57-56(48(5-2)95-50)64(82)78(67(57)85)31-36-93-41-42-94-70(88)74-28-34-91-38-37-89-32-26-72-55(80)15-11-10-14-54-62-47(43-98-54)75-44(3)76-62;2*1-3-7-11-9(5-1)10-6-2-4-8-12-10;1-6-2-4-7-5-3-6;/h5,7-9,12-13,16-25,47-54,56-62,75-76H,2-4,6,10-11,14-15,26-43H2,1H3,(H,72,80)(H,73,81)(H,74,88);2*1-8H;2-5H,1H3;/b17-16+,19-18-,21-20-;;;;. The first-order chi connectivity index (χ1) is 63.1. The summed E-state index contributed by atoms with van der Waals surface area (Å²) in [4.78, 5) is 150. The normalized spacial score (nSPS) is 23.8. The van der Waals surface area contributed by atoms with E-state index in [0.29, 0.717) is 62.1 Å². The van der Waals surface area contributed by atoms with Gasteiger partial charge in [-0.3, -0.25) is 83.0 Å². The predicted molar refractivity (Wildman–Crippen MR) is 481 cm³/mol. The van der Waals surface area contributed by atoms with Gasteiger partial charge >= 0.3 is 6.09 Å². The maximum Gasteiger partial charge on any atom is 0.407 e. The van der Waals surface area contributed by atoms with Gasteiger partial charge in [-0.25, -0.2) is 4.79 Å². The molecule has 9 amide bonds. The zero-order valence-electron chi connectivity index (χ0n) is 73.0. The molecule has 7 aromatic rings. The molecule has 0 spiro atoms. The molecule has 32 nitrogen and oxygen atoms in total. The van der Waals surface area contributed by atoms with E-state index < -0.39 is 102 Å². The monoisotopic (exact) mass is 1880 g/mol. The van der Waals surface area contributed by atoms with Crippen LogP contribution in [0.1, 0.15) is 66.9 Å². The van der Waals surface area contributed by atoms with Gasteiger partial charge in [0.2, 0.25) is 41.4 Å². The molecule has 6 aromatic heterocycles. The molecular formula is C96H114N14O18RuS. The minimum atomic E-state index is -1.04. The van der Waals surface area contributed by atoms with E-state index in [0.717, 1.165) is 75.4 Å². The smallest absolute Gasteiger partial charge is 0.407 e. The third-order valence-electron chi connectivity index (χ3n) is 22.6. The van der Waals surface area contributed by atoms with Crippen LogP contribution < -0.4 is 26.6 Å². The second-order valence-corrected chi connectivity index (χ2v) is 32.6. The maximum atomic E-state index is 14.5. The Kier molecular flexibility index (Phi) is 40.1. The number of hydrogen-bond acceptors (Lipinski definition) is 27. The molecule has 14 heterocycles. The van der Waals surface area contributed by atoms with E-state index in [-0.39, 0.29) is 129 Å². The molecule has 0 aliphatic carbocycles. The number of amides is 9. The summed E-state index contributed by atoms with van der Waals surface area (Å²) in [6, 6.07) is 40.7. The number of aromatic nitrogens is 6. The van der Waals surface area contributed by atoms with Gasteiger partial charge in [-0.05, 0) is 110 Å². The number of ether oxygens (including phenoxy) is 9. The molecule has 5 N–H and O–H groups in total. The zero-order valence-corrected chi connectivity index (χ0v) is 75.5. The van der Waals surface area contributed by atoms with Crippen LogP contribution in [0.25, 0.3) is 28.9 Å². The van der Waals surface area contributed by atoms with Crippen molar-refractivity contribution in [3.63, 3.8) is 0 Å². The van der Waals surface area contributed by atoms with E-state index in [9.17, 15) is 43.2 Å². The molecule has 0 bridgehead atoms. The summed E-state index contributed by atoms with van der Waals surface area (Å²) in [7, 11) is 0. The summed E-state index contributed by atoms with van der Waals surface area (Å²) in [5.41, 5.74) is 6.27. The quantitative estimate of drug-likeness (QED) is 0.0104. The van der Waals surface area contributed by atoms with Crippen LogP contribution in [-0.2, 0) is 95.7 Å². The minimum absolute atomic E-state index is 0. The van der Waals surface area contributed by atoms with Crippen molar-refractivity contribution in [2.75, 3.05) is 118 Å². The Hall–Kier alpha value is -11.3. The number of benzene rings is 1. The van der Waals surface area contributed by atoms with Crippen LogP contribution in [0.2, 0.25) is 0 Å². The molecule has 15 rings (SSSR count). The number of thioether (sulfide) groups is 1. The molecule has 15 unspecified atom stereocenters. The number of aryl methyl sites for hydroxylation is 1. The summed E-state index contributed by atoms with van der Waals surface area (Å²) in [5, 5.41) is 15.6. The number of fused-ring (bicyclic) bond motifs is 4. The van der Waals surface area contributed by atoms with Crippen LogP contribution in [0, 0.1) is 42.4 Å². The molecular weight excluding hydrogens is 1770 g/mol. The molecule has 0 radical (unpaired) electrons. The Morgan fingerprint density at radius 1 is 0.469 bits per heavy atom.